The molecule has 0 spiro atoms. The smallest absolute Gasteiger partial charge is 0.276 e. The number of aromatic nitrogens is 2. The first-order valence-corrected chi connectivity index (χ1v) is 8.52. The fourth-order valence-corrected chi connectivity index (χ4v) is 2.88. The third-order valence-electron chi connectivity index (χ3n) is 4.09. The van der Waals surface area contributed by atoms with E-state index in [1.807, 2.05) is 18.2 Å². The second-order valence-corrected chi connectivity index (χ2v) is 6.07. The van der Waals surface area contributed by atoms with Crippen LogP contribution in [0.2, 0.25) is 0 Å². The van der Waals surface area contributed by atoms with Gasteiger partial charge in [-0.05, 0) is 31.4 Å². The first kappa shape index (κ1) is 16.6. The molecule has 2 aromatic heterocycles. The highest BCUT2D eigenvalue weighted by atomic mass is 16.5. The number of aryl methyl sites for hydroxylation is 1. The number of nitrogens with zero attached hydrogens (tertiary/aromatic N) is 3. The summed E-state index contributed by atoms with van der Waals surface area (Å²) in [5, 5.41) is 3.94. The van der Waals surface area contributed by atoms with Crippen molar-refractivity contribution in [2.45, 2.75) is 45.3 Å². The molecule has 1 fully saturated rings. The van der Waals surface area contributed by atoms with Gasteiger partial charge in [-0.15, -0.1) is 0 Å². The maximum atomic E-state index is 12.9. The summed E-state index contributed by atoms with van der Waals surface area (Å²) in [7, 11) is 0. The molecule has 3 rings (SSSR count). The molecule has 3 heterocycles. The summed E-state index contributed by atoms with van der Waals surface area (Å²) >= 11 is 0. The van der Waals surface area contributed by atoms with Crippen LogP contribution in [-0.4, -0.2) is 40.2 Å². The van der Waals surface area contributed by atoms with E-state index in [1.165, 1.54) is 0 Å². The molecule has 0 radical (unpaired) electrons. The Kier molecular flexibility index (Phi) is 5.59. The van der Waals surface area contributed by atoms with Gasteiger partial charge < -0.3 is 14.2 Å². The van der Waals surface area contributed by atoms with E-state index >= 15 is 0 Å². The molecule has 0 aliphatic carbocycles. The monoisotopic (exact) mass is 329 g/mol. The lowest BCUT2D eigenvalue weighted by atomic mass is 10.2. The maximum absolute atomic E-state index is 12.9. The quantitative estimate of drug-likeness (QED) is 0.781. The minimum absolute atomic E-state index is 0.0830. The zero-order chi connectivity index (χ0) is 16.8. The summed E-state index contributed by atoms with van der Waals surface area (Å²) < 4.78 is 10.9. The molecule has 1 aliphatic heterocycles. The van der Waals surface area contributed by atoms with Crippen molar-refractivity contribution in [3.05, 3.63) is 47.6 Å². The van der Waals surface area contributed by atoms with Gasteiger partial charge in [0.2, 0.25) is 0 Å². The Labute approximate surface area is 141 Å². The topological polar surface area (TPSA) is 68.5 Å². The number of carbonyl (C=O) groups excluding carboxylic acids is 1. The fraction of sp³-hybridized carbons (Fsp3) is 0.500. The summed E-state index contributed by atoms with van der Waals surface area (Å²) in [5.41, 5.74) is 1.20. The van der Waals surface area contributed by atoms with Gasteiger partial charge in [0.25, 0.3) is 5.91 Å². The van der Waals surface area contributed by atoms with Gasteiger partial charge in [0.05, 0.1) is 18.3 Å². The molecular weight excluding hydrogens is 306 g/mol. The summed E-state index contributed by atoms with van der Waals surface area (Å²) in [6.07, 6.45) is 5.58. The van der Waals surface area contributed by atoms with E-state index in [0.717, 1.165) is 43.7 Å². The van der Waals surface area contributed by atoms with E-state index in [4.69, 9.17) is 9.26 Å². The molecule has 24 heavy (non-hydrogen) atoms. The average molecular weight is 329 g/mol. The summed E-state index contributed by atoms with van der Waals surface area (Å²) in [6.45, 7) is 3.82. The second-order valence-electron chi connectivity index (χ2n) is 6.07. The Morgan fingerprint density at radius 1 is 1.42 bits per heavy atom. The van der Waals surface area contributed by atoms with Crippen molar-refractivity contribution in [3.63, 3.8) is 0 Å². The Balaban J connectivity index is 1.75. The van der Waals surface area contributed by atoms with Crippen LogP contribution in [0.25, 0.3) is 0 Å². The van der Waals surface area contributed by atoms with Crippen molar-refractivity contribution in [1.82, 2.24) is 15.0 Å². The van der Waals surface area contributed by atoms with Crippen molar-refractivity contribution >= 4 is 5.91 Å². The molecule has 1 aliphatic rings. The van der Waals surface area contributed by atoms with Crippen LogP contribution in [0.5, 0.6) is 0 Å². The molecule has 0 saturated carbocycles. The van der Waals surface area contributed by atoms with Gasteiger partial charge in [-0.1, -0.05) is 18.1 Å². The van der Waals surface area contributed by atoms with Crippen molar-refractivity contribution < 1.29 is 14.1 Å². The van der Waals surface area contributed by atoms with E-state index in [0.29, 0.717) is 18.8 Å². The van der Waals surface area contributed by atoms with Gasteiger partial charge in [0.15, 0.2) is 5.69 Å². The number of amides is 1. The van der Waals surface area contributed by atoms with E-state index < -0.39 is 0 Å². The maximum Gasteiger partial charge on any atom is 0.276 e. The Hall–Kier alpha value is -2.21. The van der Waals surface area contributed by atoms with Gasteiger partial charge in [-0.25, -0.2) is 0 Å². The largest absolute Gasteiger partial charge is 0.376 e. The van der Waals surface area contributed by atoms with E-state index in [9.17, 15) is 4.79 Å². The molecule has 1 atom stereocenters. The first-order valence-electron chi connectivity index (χ1n) is 8.52. The van der Waals surface area contributed by atoms with E-state index in [2.05, 4.69) is 17.1 Å². The van der Waals surface area contributed by atoms with Crippen LogP contribution in [-0.2, 0) is 17.7 Å². The van der Waals surface area contributed by atoms with Crippen LogP contribution in [0.4, 0.5) is 0 Å². The second kappa shape index (κ2) is 8.06. The van der Waals surface area contributed by atoms with E-state index in [-0.39, 0.29) is 12.0 Å². The highest BCUT2D eigenvalue weighted by Crippen LogP contribution is 2.17. The number of hydrogen-bond donors (Lipinski definition) is 0. The number of ether oxygens (including phenoxy) is 1. The zero-order valence-electron chi connectivity index (χ0n) is 14.0. The summed E-state index contributed by atoms with van der Waals surface area (Å²) in [5.74, 6) is 0.609. The molecule has 6 nitrogen and oxygen atoms in total. The van der Waals surface area contributed by atoms with Crippen LogP contribution in [0, 0.1) is 0 Å². The third-order valence-corrected chi connectivity index (χ3v) is 4.09. The average Bonchev–Trinajstić information content (AvgIpc) is 3.27. The van der Waals surface area contributed by atoms with Crippen molar-refractivity contribution in [1.29, 1.82) is 0 Å². The van der Waals surface area contributed by atoms with Crippen LogP contribution in [0.3, 0.4) is 0 Å². The van der Waals surface area contributed by atoms with Crippen molar-refractivity contribution in [2.75, 3.05) is 13.2 Å². The molecule has 0 bridgehead atoms. The molecule has 1 amide bonds. The SMILES string of the molecule is CCCc1cc(C(=O)N(Cc2ccccn2)CC2CCCO2)no1. The predicted molar refractivity (Wildman–Crippen MR) is 88.4 cm³/mol. The summed E-state index contributed by atoms with van der Waals surface area (Å²) in [4.78, 5) is 19.0. The fourth-order valence-electron chi connectivity index (χ4n) is 2.88. The van der Waals surface area contributed by atoms with Gasteiger partial charge >= 0.3 is 0 Å². The molecule has 1 saturated heterocycles. The molecule has 0 aromatic carbocycles. The Bertz CT molecular complexity index is 651. The minimum atomic E-state index is -0.137. The highest BCUT2D eigenvalue weighted by Gasteiger charge is 2.25. The zero-order valence-corrected chi connectivity index (χ0v) is 14.0. The standard InChI is InChI=1S/C18H23N3O3/c1-2-6-15-11-17(20-24-15)18(22)21(13-16-8-5-10-23-16)12-14-7-3-4-9-19-14/h3-4,7,9,11,16H,2,5-6,8,10,12-13H2,1H3. The van der Waals surface area contributed by atoms with Gasteiger partial charge in [0, 0.05) is 31.8 Å². The predicted octanol–water partition coefficient (Wildman–Crippen LogP) is 2.84. The summed E-state index contributed by atoms with van der Waals surface area (Å²) in [6, 6.07) is 7.45. The molecule has 1 unspecified atom stereocenters. The van der Waals surface area contributed by atoms with Gasteiger partial charge in [-0.3, -0.25) is 9.78 Å². The lowest BCUT2D eigenvalue weighted by Crippen LogP contribution is -2.37. The van der Waals surface area contributed by atoms with Crippen LogP contribution < -0.4 is 0 Å². The molecular formula is C18H23N3O3. The van der Waals surface area contributed by atoms with Crippen LogP contribution in [0.1, 0.15) is 48.1 Å². The Morgan fingerprint density at radius 2 is 2.33 bits per heavy atom. The van der Waals surface area contributed by atoms with Gasteiger partial charge in [0.1, 0.15) is 5.76 Å². The molecule has 2 aromatic rings. The number of hydrogen-bond acceptors (Lipinski definition) is 5. The number of pyridine rings is 1. The van der Waals surface area contributed by atoms with Crippen molar-refractivity contribution in [3.8, 4) is 0 Å². The molecule has 128 valence electrons. The highest BCUT2D eigenvalue weighted by molar-refractivity contribution is 5.92. The molecule has 6 heteroatoms. The van der Waals surface area contributed by atoms with E-state index in [1.54, 1.807) is 17.2 Å². The van der Waals surface area contributed by atoms with Crippen LogP contribution >= 0.6 is 0 Å². The lowest BCUT2D eigenvalue weighted by molar-refractivity contribution is 0.0496. The minimum Gasteiger partial charge on any atom is -0.376 e. The lowest BCUT2D eigenvalue weighted by Gasteiger charge is -2.24. The van der Waals surface area contributed by atoms with Gasteiger partial charge in [-0.2, -0.15) is 0 Å². The van der Waals surface area contributed by atoms with Crippen LogP contribution in [0.15, 0.2) is 35.0 Å². The normalized spacial score (nSPS) is 17.1. The number of rotatable bonds is 7. The first-order chi connectivity index (χ1) is 11.8. The number of carbonyl (C=O) groups is 1. The molecule has 0 N–H and O–H groups in total. The third kappa shape index (κ3) is 4.20. The van der Waals surface area contributed by atoms with Crippen molar-refractivity contribution in [2.24, 2.45) is 0 Å². The Morgan fingerprint density at radius 3 is 3.04 bits per heavy atom.